The van der Waals surface area contributed by atoms with Crippen LogP contribution < -0.4 is 0 Å². The van der Waals surface area contributed by atoms with Crippen molar-refractivity contribution >= 4 is 17.9 Å². The third kappa shape index (κ3) is 50.7. The van der Waals surface area contributed by atoms with Crippen LogP contribution in [0.1, 0.15) is 213 Å². The highest BCUT2D eigenvalue weighted by atomic mass is 16.6. The van der Waals surface area contributed by atoms with Gasteiger partial charge in [0.15, 0.2) is 6.10 Å². The first-order valence-corrected chi connectivity index (χ1v) is 26.0. The van der Waals surface area contributed by atoms with E-state index in [-0.39, 0.29) is 44.0 Å². The Hall–Kier alpha value is -4.19. The van der Waals surface area contributed by atoms with E-state index in [9.17, 15) is 14.4 Å². The summed E-state index contributed by atoms with van der Waals surface area (Å²) in [5.74, 6) is -1.07. The Morgan fingerprint density at radius 2 is 0.631 bits per heavy atom. The Labute approximate surface area is 399 Å². The molecule has 0 aliphatic heterocycles. The molecule has 0 amide bonds. The molecule has 366 valence electrons. The molecule has 0 aliphatic carbocycles. The van der Waals surface area contributed by atoms with Crippen molar-refractivity contribution in [3.63, 3.8) is 0 Å². The summed E-state index contributed by atoms with van der Waals surface area (Å²) < 4.78 is 16.7. The van der Waals surface area contributed by atoms with Crippen molar-refractivity contribution in [3.8, 4) is 0 Å². The SMILES string of the molecule is CC/C=C\C/C=C\C/C=C\C/C=C\CCCCC(=O)O[C@H](COC(=O)CC/C=C\C/C=C\C/C=C\C/C=C\C/C=C\CCCCC)COC(=O)CCCCCCC/C=C\CCCCCC. The van der Waals surface area contributed by atoms with Gasteiger partial charge in [-0.1, -0.05) is 194 Å². The molecule has 0 spiro atoms. The van der Waals surface area contributed by atoms with Gasteiger partial charge in [-0.2, -0.15) is 0 Å². The minimum atomic E-state index is -0.836. The van der Waals surface area contributed by atoms with Crippen LogP contribution in [0.25, 0.3) is 0 Å². The molecule has 0 aromatic heterocycles. The molecular weight excluding hydrogens is 805 g/mol. The number of unbranched alkanes of at least 4 members (excludes halogenated alkanes) is 14. The van der Waals surface area contributed by atoms with Crippen molar-refractivity contribution in [2.24, 2.45) is 0 Å². The molecular formula is C59H94O6. The molecule has 0 saturated heterocycles. The van der Waals surface area contributed by atoms with Crippen LogP contribution in [-0.2, 0) is 28.6 Å². The number of ether oxygens (including phenoxy) is 3. The summed E-state index contributed by atoms with van der Waals surface area (Å²) in [4.78, 5) is 37.9. The van der Waals surface area contributed by atoms with Crippen LogP contribution in [0.3, 0.4) is 0 Å². The molecule has 6 heteroatoms. The van der Waals surface area contributed by atoms with Crippen molar-refractivity contribution in [1.82, 2.24) is 0 Å². The van der Waals surface area contributed by atoms with Gasteiger partial charge in [-0.25, -0.2) is 0 Å². The molecule has 0 aromatic carbocycles. The minimum Gasteiger partial charge on any atom is -0.462 e. The molecule has 1 atom stereocenters. The average molecular weight is 899 g/mol. The summed E-state index contributed by atoms with van der Waals surface area (Å²) in [7, 11) is 0. The lowest BCUT2D eigenvalue weighted by Gasteiger charge is -2.18. The Morgan fingerprint density at radius 3 is 1.11 bits per heavy atom. The van der Waals surface area contributed by atoms with Crippen LogP contribution in [0.15, 0.2) is 122 Å². The highest BCUT2D eigenvalue weighted by Gasteiger charge is 2.19. The number of allylic oxidation sites excluding steroid dienone is 20. The molecule has 0 fully saturated rings. The van der Waals surface area contributed by atoms with Crippen molar-refractivity contribution < 1.29 is 28.6 Å². The highest BCUT2D eigenvalue weighted by molar-refractivity contribution is 5.71. The minimum absolute atomic E-state index is 0.125. The largest absolute Gasteiger partial charge is 0.462 e. The quantitative estimate of drug-likeness (QED) is 0.0262. The first-order valence-electron chi connectivity index (χ1n) is 26.0. The summed E-state index contributed by atoms with van der Waals surface area (Å²) in [5, 5.41) is 0. The fourth-order valence-electron chi connectivity index (χ4n) is 6.53. The van der Waals surface area contributed by atoms with Crippen LogP contribution in [-0.4, -0.2) is 37.2 Å². The lowest BCUT2D eigenvalue weighted by molar-refractivity contribution is -0.166. The van der Waals surface area contributed by atoms with Crippen LogP contribution >= 0.6 is 0 Å². The molecule has 0 radical (unpaired) electrons. The third-order valence-corrected chi connectivity index (χ3v) is 10.4. The Kier molecular flexibility index (Phi) is 49.1. The van der Waals surface area contributed by atoms with E-state index in [1.807, 2.05) is 12.2 Å². The molecule has 0 rings (SSSR count). The third-order valence-electron chi connectivity index (χ3n) is 10.4. The topological polar surface area (TPSA) is 78.9 Å². The number of esters is 3. The maximum atomic E-state index is 12.8. The zero-order valence-corrected chi connectivity index (χ0v) is 41.7. The fraction of sp³-hybridized carbons (Fsp3) is 0.610. The first kappa shape index (κ1) is 60.8. The number of rotatable bonds is 45. The lowest BCUT2D eigenvalue weighted by atomic mass is 10.1. The second kappa shape index (κ2) is 52.4. The molecule has 0 unspecified atom stereocenters. The van der Waals surface area contributed by atoms with Crippen molar-refractivity contribution in [2.45, 2.75) is 219 Å². The normalized spacial score (nSPS) is 13.1. The smallest absolute Gasteiger partial charge is 0.306 e. The average Bonchev–Trinajstić information content (AvgIpc) is 3.30. The fourth-order valence-corrected chi connectivity index (χ4v) is 6.53. The van der Waals surface area contributed by atoms with Crippen LogP contribution in [0.5, 0.6) is 0 Å². The van der Waals surface area contributed by atoms with E-state index in [0.29, 0.717) is 19.3 Å². The Bertz CT molecular complexity index is 1400. The second-order valence-corrected chi connectivity index (χ2v) is 16.7. The predicted octanol–water partition coefficient (Wildman–Crippen LogP) is 17.3. The molecule has 0 aromatic rings. The monoisotopic (exact) mass is 899 g/mol. The van der Waals surface area contributed by atoms with Crippen molar-refractivity contribution in [2.75, 3.05) is 13.2 Å². The van der Waals surface area contributed by atoms with E-state index in [0.717, 1.165) is 96.3 Å². The van der Waals surface area contributed by atoms with E-state index in [1.165, 1.54) is 64.2 Å². The lowest BCUT2D eigenvalue weighted by Crippen LogP contribution is -2.30. The van der Waals surface area contributed by atoms with Gasteiger partial charge in [0, 0.05) is 19.3 Å². The molecule has 0 N–H and O–H groups in total. The Balaban J connectivity index is 4.59. The zero-order chi connectivity index (χ0) is 47.2. The molecule has 65 heavy (non-hydrogen) atoms. The van der Waals surface area contributed by atoms with Gasteiger partial charge in [-0.15, -0.1) is 0 Å². The molecule has 0 saturated carbocycles. The van der Waals surface area contributed by atoms with Crippen LogP contribution in [0.2, 0.25) is 0 Å². The van der Waals surface area contributed by atoms with E-state index < -0.39 is 6.10 Å². The first-order chi connectivity index (χ1) is 32.0. The molecule has 6 nitrogen and oxygen atoms in total. The second-order valence-electron chi connectivity index (χ2n) is 16.7. The van der Waals surface area contributed by atoms with E-state index in [1.54, 1.807) is 0 Å². The molecule has 0 bridgehead atoms. The van der Waals surface area contributed by atoms with Gasteiger partial charge >= 0.3 is 17.9 Å². The van der Waals surface area contributed by atoms with Gasteiger partial charge in [0.1, 0.15) is 13.2 Å². The standard InChI is InChI=1S/C59H94O6/c1-4-7-10-13-16-19-22-25-27-28-29-30-32-34-37-40-43-46-49-52-58(61)64-55-56(54-63-57(60)51-48-45-42-39-36-33-24-21-18-15-12-9-6-3)65-59(62)53-50-47-44-41-38-35-31-26-23-20-17-14-11-8-5-2/h8,11,16-17,19-21,24-27,29-31,34,37-38,41,43,46,56H,4-7,9-10,12-15,18,22-23,28,32-33,35-36,39-40,42,44-45,47-55H2,1-3H3/b11-8-,19-16-,20-17-,24-21-,27-25-,30-29-,31-26-,37-34-,41-38-,46-43-/t56-/m0/s1. The summed E-state index contributed by atoms with van der Waals surface area (Å²) in [6.07, 6.45) is 71.9. The molecule has 0 aliphatic rings. The summed E-state index contributed by atoms with van der Waals surface area (Å²) in [6.45, 7) is 6.35. The van der Waals surface area contributed by atoms with Crippen LogP contribution in [0.4, 0.5) is 0 Å². The van der Waals surface area contributed by atoms with Gasteiger partial charge < -0.3 is 14.2 Å². The van der Waals surface area contributed by atoms with Crippen LogP contribution in [0, 0.1) is 0 Å². The zero-order valence-electron chi connectivity index (χ0n) is 41.7. The maximum absolute atomic E-state index is 12.8. The molecule has 0 heterocycles. The Morgan fingerprint density at radius 1 is 0.323 bits per heavy atom. The summed E-state index contributed by atoms with van der Waals surface area (Å²) in [5.41, 5.74) is 0. The maximum Gasteiger partial charge on any atom is 0.306 e. The van der Waals surface area contributed by atoms with Gasteiger partial charge in [0.05, 0.1) is 0 Å². The number of hydrogen-bond acceptors (Lipinski definition) is 6. The number of carbonyl (C=O) groups is 3. The number of carbonyl (C=O) groups excluding carboxylic acids is 3. The van der Waals surface area contributed by atoms with Gasteiger partial charge in [0.2, 0.25) is 0 Å². The van der Waals surface area contributed by atoms with Gasteiger partial charge in [-0.3, -0.25) is 14.4 Å². The van der Waals surface area contributed by atoms with Crippen molar-refractivity contribution in [3.05, 3.63) is 122 Å². The highest BCUT2D eigenvalue weighted by Crippen LogP contribution is 2.11. The number of hydrogen-bond donors (Lipinski definition) is 0. The summed E-state index contributed by atoms with van der Waals surface area (Å²) >= 11 is 0. The predicted molar refractivity (Wildman–Crippen MR) is 279 cm³/mol. The summed E-state index contributed by atoms with van der Waals surface area (Å²) in [6, 6.07) is 0. The van der Waals surface area contributed by atoms with Gasteiger partial charge in [-0.05, 0) is 122 Å². The van der Waals surface area contributed by atoms with Crippen molar-refractivity contribution in [1.29, 1.82) is 0 Å². The van der Waals surface area contributed by atoms with E-state index in [2.05, 4.69) is 130 Å². The van der Waals surface area contributed by atoms with E-state index >= 15 is 0 Å². The van der Waals surface area contributed by atoms with E-state index in [4.69, 9.17) is 14.2 Å². The van der Waals surface area contributed by atoms with Gasteiger partial charge in [0.25, 0.3) is 0 Å².